The van der Waals surface area contributed by atoms with Crippen LogP contribution in [0.4, 0.5) is 5.69 Å². The zero-order valence-corrected chi connectivity index (χ0v) is 10.9. The minimum Gasteiger partial charge on any atom is -0.359 e. The van der Waals surface area contributed by atoms with Crippen LogP contribution in [0.15, 0.2) is 30.4 Å². The van der Waals surface area contributed by atoms with Gasteiger partial charge in [-0.15, -0.1) is 0 Å². The Hall–Kier alpha value is -1.35. The topological polar surface area (TPSA) is 24.1 Å². The lowest BCUT2D eigenvalue weighted by molar-refractivity contribution is 0.999. The molecule has 0 aliphatic heterocycles. The first-order chi connectivity index (χ1) is 7.50. The van der Waals surface area contributed by atoms with Gasteiger partial charge in [0.1, 0.15) is 0 Å². The quantitative estimate of drug-likeness (QED) is 0.620. The molecule has 0 aromatic heterocycles. The van der Waals surface area contributed by atoms with Crippen molar-refractivity contribution in [2.24, 2.45) is 0 Å². The van der Waals surface area contributed by atoms with Crippen molar-refractivity contribution >= 4 is 23.0 Å². The molecule has 0 aliphatic rings. The van der Waals surface area contributed by atoms with Gasteiger partial charge in [-0.3, -0.25) is 0 Å². The maximum atomic E-state index is 5.21. The lowest BCUT2D eigenvalue weighted by Gasteiger charge is -2.14. The molecular weight excluding hydrogens is 216 g/mol. The highest BCUT2D eigenvalue weighted by atomic mass is 32.1. The average molecular weight is 234 g/mol. The highest BCUT2D eigenvalue weighted by molar-refractivity contribution is 7.80. The highest BCUT2D eigenvalue weighted by Gasteiger charge is 2.03. The molecule has 0 atom stereocenters. The summed E-state index contributed by atoms with van der Waals surface area (Å²) < 4.78 is 0. The van der Waals surface area contributed by atoms with Gasteiger partial charge in [-0.05, 0) is 44.1 Å². The molecule has 0 radical (unpaired) electrons. The molecule has 3 heteroatoms. The lowest BCUT2D eigenvalue weighted by Crippen LogP contribution is -2.30. The summed E-state index contributed by atoms with van der Waals surface area (Å²) in [6, 6.07) is 6.17. The van der Waals surface area contributed by atoms with Crippen molar-refractivity contribution in [1.82, 2.24) is 5.32 Å². The van der Waals surface area contributed by atoms with E-state index in [0.717, 1.165) is 11.3 Å². The monoisotopic (exact) mass is 234 g/mol. The Kier molecular flexibility index (Phi) is 4.50. The Bertz CT molecular complexity index is 390. The van der Waals surface area contributed by atoms with Gasteiger partial charge in [0.25, 0.3) is 0 Å². The maximum Gasteiger partial charge on any atom is 0.171 e. The molecule has 0 unspecified atom stereocenters. The van der Waals surface area contributed by atoms with Crippen LogP contribution in [0.1, 0.15) is 18.1 Å². The normalized spacial score (nSPS) is 9.69. The number of para-hydroxylation sites is 1. The molecule has 1 aromatic rings. The Labute approximate surface area is 103 Å². The SMILES string of the molecule is C=C(C)CNC(=S)Nc1c(C)cccc1C. The van der Waals surface area contributed by atoms with Crippen LogP contribution in [0.3, 0.4) is 0 Å². The molecular formula is C13H18N2S. The van der Waals surface area contributed by atoms with Crippen molar-refractivity contribution in [2.45, 2.75) is 20.8 Å². The van der Waals surface area contributed by atoms with Crippen LogP contribution in [0.5, 0.6) is 0 Å². The predicted octanol–water partition coefficient (Wildman–Crippen LogP) is 3.17. The minimum absolute atomic E-state index is 0.639. The van der Waals surface area contributed by atoms with Crippen LogP contribution < -0.4 is 10.6 Å². The zero-order valence-electron chi connectivity index (χ0n) is 10.1. The fourth-order valence-electron chi connectivity index (χ4n) is 1.40. The fourth-order valence-corrected chi connectivity index (χ4v) is 1.57. The predicted molar refractivity (Wildman–Crippen MR) is 75.0 cm³/mol. The van der Waals surface area contributed by atoms with E-state index in [4.69, 9.17) is 12.2 Å². The number of benzene rings is 1. The largest absolute Gasteiger partial charge is 0.359 e. The summed E-state index contributed by atoms with van der Waals surface area (Å²) >= 11 is 5.21. The van der Waals surface area contributed by atoms with Crippen LogP contribution in [0, 0.1) is 13.8 Å². The molecule has 2 N–H and O–H groups in total. The summed E-state index contributed by atoms with van der Waals surface area (Å²) in [5.41, 5.74) is 4.53. The summed E-state index contributed by atoms with van der Waals surface area (Å²) in [7, 11) is 0. The van der Waals surface area contributed by atoms with E-state index in [-0.39, 0.29) is 0 Å². The van der Waals surface area contributed by atoms with Crippen LogP contribution in [-0.4, -0.2) is 11.7 Å². The van der Waals surface area contributed by atoms with Gasteiger partial charge in [0, 0.05) is 12.2 Å². The molecule has 86 valence electrons. The first-order valence-electron chi connectivity index (χ1n) is 5.26. The van der Waals surface area contributed by atoms with Gasteiger partial charge in [-0.25, -0.2) is 0 Å². The first-order valence-corrected chi connectivity index (χ1v) is 5.67. The van der Waals surface area contributed by atoms with E-state index < -0.39 is 0 Å². The number of hydrogen-bond acceptors (Lipinski definition) is 1. The first kappa shape index (κ1) is 12.7. The van der Waals surface area contributed by atoms with Gasteiger partial charge in [0.2, 0.25) is 0 Å². The van der Waals surface area contributed by atoms with Crippen LogP contribution >= 0.6 is 12.2 Å². The molecule has 0 bridgehead atoms. The summed E-state index contributed by atoms with van der Waals surface area (Å²) in [5, 5.41) is 6.96. The molecule has 0 amide bonds. The van der Waals surface area contributed by atoms with E-state index in [9.17, 15) is 0 Å². The Balaban J connectivity index is 2.66. The van der Waals surface area contributed by atoms with Gasteiger partial charge in [-0.1, -0.05) is 30.4 Å². The zero-order chi connectivity index (χ0) is 12.1. The highest BCUT2D eigenvalue weighted by Crippen LogP contribution is 2.18. The van der Waals surface area contributed by atoms with E-state index in [2.05, 4.69) is 43.2 Å². The lowest BCUT2D eigenvalue weighted by atomic mass is 10.1. The van der Waals surface area contributed by atoms with E-state index in [1.54, 1.807) is 0 Å². The van der Waals surface area contributed by atoms with Gasteiger partial charge in [0.05, 0.1) is 0 Å². The summed E-state index contributed by atoms with van der Waals surface area (Å²) in [6.45, 7) is 10.6. The Morgan fingerprint density at radius 1 is 1.31 bits per heavy atom. The Morgan fingerprint density at radius 3 is 2.38 bits per heavy atom. The standard InChI is InChI=1S/C13H18N2S/c1-9(2)8-14-13(16)15-12-10(3)6-5-7-11(12)4/h5-7H,1,8H2,2-4H3,(H2,14,15,16). The number of anilines is 1. The van der Waals surface area contributed by atoms with Crippen molar-refractivity contribution < 1.29 is 0 Å². The molecule has 0 saturated carbocycles. The summed E-state index contributed by atoms with van der Waals surface area (Å²) in [6.07, 6.45) is 0. The molecule has 0 fully saturated rings. The van der Waals surface area contributed by atoms with Gasteiger partial charge in [-0.2, -0.15) is 0 Å². The molecule has 0 aliphatic carbocycles. The third-order valence-electron chi connectivity index (χ3n) is 2.27. The summed E-state index contributed by atoms with van der Waals surface area (Å²) in [5.74, 6) is 0. The van der Waals surface area contributed by atoms with Gasteiger partial charge in [0.15, 0.2) is 5.11 Å². The fraction of sp³-hybridized carbons (Fsp3) is 0.308. The van der Waals surface area contributed by atoms with Crippen molar-refractivity contribution in [3.05, 3.63) is 41.5 Å². The second-order valence-corrected chi connectivity index (χ2v) is 4.44. The Morgan fingerprint density at radius 2 is 1.88 bits per heavy atom. The summed E-state index contributed by atoms with van der Waals surface area (Å²) in [4.78, 5) is 0. The van der Waals surface area contributed by atoms with E-state index in [1.165, 1.54) is 11.1 Å². The van der Waals surface area contributed by atoms with Crippen molar-refractivity contribution in [1.29, 1.82) is 0 Å². The molecule has 0 spiro atoms. The number of nitrogens with one attached hydrogen (secondary N) is 2. The van der Waals surface area contributed by atoms with E-state index >= 15 is 0 Å². The number of hydrogen-bond donors (Lipinski definition) is 2. The minimum atomic E-state index is 0.639. The van der Waals surface area contributed by atoms with Crippen LogP contribution in [0.2, 0.25) is 0 Å². The maximum absolute atomic E-state index is 5.21. The third-order valence-corrected chi connectivity index (χ3v) is 2.52. The number of thiocarbonyl (C=S) groups is 1. The van der Waals surface area contributed by atoms with E-state index in [0.29, 0.717) is 11.7 Å². The molecule has 1 rings (SSSR count). The number of rotatable bonds is 3. The van der Waals surface area contributed by atoms with Gasteiger partial charge >= 0.3 is 0 Å². The molecule has 0 saturated heterocycles. The van der Waals surface area contributed by atoms with Crippen LogP contribution in [-0.2, 0) is 0 Å². The number of aryl methyl sites for hydroxylation is 2. The van der Waals surface area contributed by atoms with Crippen molar-refractivity contribution in [3.8, 4) is 0 Å². The molecule has 0 heterocycles. The van der Waals surface area contributed by atoms with Crippen molar-refractivity contribution in [3.63, 3.8) is 0 Å². The smallest absolute Gasteiger partial charge is 0.171 e. The van der Waals surface area contributed by atoms with Crippen LogP contribution in [0.25, 0.3) is 0 Å². The molecule has 2 nitrogen and oxygen atoms in total. The van der Waals surface area contributed by atoms with Crippen molar-refractivity contribution in [2.75, 3.05) is 11.9 Å². The van der Waals surface area contributed by atoms with Gasteiger partial charge < -0.3 is 10.6 Å². The van der Waals surface area contributed by atoms with E-state index in [1.807, 2.05) is 13.0 Å². The second-order valence-electron chi connectivity index (χ2n) is 4.03. The molecule has 1 aromatic carbocycles. The molecule has 16 heavy (non-hydrogen) atoms. The average Bonchev–Trinajstić information content (AvgIpc) is 2.21. The second kappa shape index (κ2) is 5.66. The third kappa shape index (κ3) is 3.66.